The Morgan fingerprint density at radius 2 is 2.06 bits per heavy atom. The van der Waals surface area contributed by atoms with E-state index >= 15 is 0 Å². The quantitative estimate of drug-likeness (QED) is 0.724. The van der Waals surface area contributed by atoms with Gasteiger partial charge in [0.25, 0.3) is 0 Å². The normalized spacial score (nSPS) is 12.2. The number of carbonyl (C=O) groups excluding carboxylic acids is 1. The molecule has 3 N–H and O–H groups in total. The van der Waals surface area contributed by atoms with Crippen molar-refractivity contribution in [3.63, 3.8) is 0 Å². The van der Waals surface area contributed by atoms with Crippen molar-refractivity contribution in [3.05, 3.63) is 35.9 Å². The van der Waals surface area contributed by atoms with Gasteiger partial charge >= 0.3 is 0 Å². The summed E-state index contributed by atoms with van der Waals surface area (Å²) in [6, 6.07) is 8.49. The van der Waals surface area contributed by atoms with Crippen molar-refractivity contribution in [2.75, 3.05) is 33.4 Å². The van der Waals surface area contributed by atoms with Crippen LogP contribution in [0.3, 0.4) is 0 Å². The smallest absolute Gasteiger partial charge is 0.244 e. The Balaban J connectivity index is 2.69. The number of carbonyl (C=O) groups is 1. The molecule has 1 rings (SSSR count). The number of nitrogens with two attached hydrogens (primary N) is 1. The van der Waals surface area contributed by atoms with E-state index in [0.717, 1.165) is 5.56 Å². The summed E-state index contributed by atoms with van der Waals surface area (Å²) in [7, 11) is 1.57. The lowest BCUT2D eigenvalue weighted by Crippen LogP contribution is -2.41. The van der Waals surface area contributed by atoms with Gasteiger partial charge in [0.2, 0.25) is 5.91 Å². The summed E-state index contributed by atoms with van der Waals surface area (Å²) in [6.07, 6.45) is 0. The molecule has 1 aromatic rings. The van der Waals surface area contributed by atoms with Gasteiger partial charge in [-0.15, -0.1) is 0 Å². The summed E-state index contributed by atoms with van der Waals surface area (Å²) in [5.74, 6) is -0.202. The van der Waals surface area contributed by atoms with Crippen LogP contribution in [0.25, 0.3) is 0 Å². The highest BCUT2D eigenvalue weighted by Crippen LogP contribution is 2.12. The van der Waals surface area contributed by atoms with E-state index in [1.807, 2.05) is 30.3 Å². The minimum Gasteiger partial charge on any atom is -0.395 e. The molecule has 0 fully saturated rings. The van der Waals surface area contributed by atoms with Gasteiger partial charge in [0.1, 0.15) is 6.04 Å². The van der Waals surface area contributed by atoms with Crippen LogP contribution in [0, 0.1) is 0 Å². The zero-order valence-electron chi connectivity index (χ0n) is 10.6. The number of hydrogen-bond donors (Lipinski definition) is 2. The second-order valence-electron chi connectivity index (χ2n) is 3.93. The van der Waals surface area contributed by atoms with Crippen LogP contribution in [0.15, 0.2) is 30.3 Å². The highest BCUT2D eigenvalue weighted by atomic mass is 16.5. The maximum absolute atomic E-state index is 12.2. The predicted octanol–water partition coefficient (Wildman–Crippen LogP) is 0.154. The molecule has 0 heterocycles. The molecular weight excluding hydrogens is 232 g/mol. The zero-order valence-corrected chi connectivity index (χ0v) is 10.6. The van der Waals surface area contributed by atoms with Gasteiger partial charge in [0, 0.05) is 20.2 Å². The monoisotopic (exact) mass is 252 g/mol. The molecule has 0 bridgehead atoms. The Bertz CT molecular complexity index is 357. The van der Waals surface area contributed by atoms with Gasteiger partial charge in [-0.3, -0.25) is 4.79 Å². The van der Waals surface area contributed by atoms with E-state index in [2.05, 4.69) is 0 Å². The molecule has 18 heavy (non-hydrogen) atoms. The molecule has 0 spiro atoms. The minimum atomic E-state index is -0.699. The number of amides is 1. The maximum atomic E-state index is 12.2. The summed E-state index contributed by atoms with van der Waals surface area (Å²) in [5.41, 5.74) is 6.69. The summed E-state index contributed by atoms with van der Waals surface area (Å²) in [4.78, 5) is 13.7. The topological polar surface area (TPSA) is 75.8 Å². The van der Waals surface area contributed by atoms with E-state index in [9.17, 15) is 4.79 Å². The van der Waals surface area contributed by atoms with Crippen molar-refractivity contribution in [1.82, 2.24) is 4.90 Å². The summed E-state index contributed by atoms with van der Waals surface area (Å²) >= 11 is 0. The fraction of sp³-hybridized carbons (Fsp3) is 0.462. The first-order valence-corrected chi connectivity index (χ1v) is 5.89. The minimum absolute atomic E-state index is 0.0863. The highest BCUT2D eigenvalue weighted by molar-refractivity contribution is 5.83. The Kier molecular flexibility index (Phi) is 6.35. The number of benzene rings is 1. The van der Waals surface area contributed by atoms with Crippen LogP contribution in [-0.4, -0.2) is 49.3 Å². The first-order valence-electron chi connectivity index (χ1n) is 5.89. The first-order chi connectivity index (χ1) is 8.70. The van der Waals surface area contributed by atoms with Crippen LogP contribution >= 0.6 is 0 Å². The van der Waals surface area contributed by atoms with Gasteiger partial charge in [0.05, 0.1) is 13.2 Å². The van der Waals surface area contributed by atoms with Gasteiger partial charge in [-0.1, -0.05) is 30.3 Å². The van der Waals surface area contributed by atoms with Crippen molar-refractivity contribution in [1.29, 1.82) is 0 Å². The fourth-order valence-electron chi connectivity index (χ4n) is 1.65. The molecule has 0 aromatic heterocycles. The zero-order chi connectivity index (χ0) is 13.4. The van der Waals surface area contributed by atoms with Crippen molar-refractivity contribution in [2.24, 2.45) is 5.73 Å². The molecule has 5 heteroatoms. The number of nitrogens with zero attached hydrogens (tertiary/aromatic N) is 1. The van der Waals surface area contributed by atoms with E-state index in [4.69, 9.17) is 15.6 Å². The first kappa shape index (κ1) is 14.6. The molecule has 0 aliphatic carbocycles. The Morgan fingerprint density at radius 1 is 1.39 bits per heavy atom. The van der Waals surface area contributed by atoms with Crippen molar-refractivity contribution < 1.29 is 14.6 Å². The Hall–Kier alpha value is -1.43. The standard InChI is InChI=1S/C13H20N2O3/c1-18-10-8-15(7-9-16)13(17)12(14)11-5-3-2-4-6-11/h2-6,12,16H,7-10,14H2,1H3/t12-/m0/s1. The van der Waals surface area contributed by atoms with Crippen LogP contribution in [-0.2, 0) is 9.53 Å². The molecule has 0 saturated carbocycles. The molecule has 0 saturated heterocycles. The summed E-state index contributed by atoms with van der Waals surface area (Å²) in [5, 5.41) is 8.96. The lowest BCUT2D eigenvalue weighted by atomic mass is 10.1. The number of hydrogen-bond acceptors (Lipinski definition) is 4. The van der Waals surface area contributed by atoms with Crippen LogP contribution in [0.5, 0.6) is 0 Å². The Morgan fingerprint density at radius 3 is 2.61 bits per heavy atom. The van der Waals surface area contributed by atoms with Crippen molar-refractivity contribution in [3.8, 4) is 0 Å². The Labute approximate surface area is 107 Å². The third-order valence-corrected chi connectivity index (χ3v) is 2.67. The molecule has 5 nitrogen and oxygen atoms in total. The molecule has 1 atom stereocenters. The molecular formula is C13H20N2O3. The van der Waals surface area contributed by atoms with Gasteiger partial charge in [0.15, 0.2) is 0 Å². The lowest BCUT2D eigenvalue weighted by Gasteiger charge is -2.24. The average Bonchev–Trinajstić information content (AvgIpc) is 2.43. The lowest BCUT2D eigenvalue weighted by molar-refractivity contribution is -0.133. The molecule has 0 aliphatic rings. The SMILES string of the molecule is COCCN(CCO)C(=O)[C@@H](N)c1ccccc1. The molecule has 0 radical (unpaired) electrons. The van der Waals surface area contributed by atoms with Crippen molar-refractivity contribution >= 4 is 5.91 Å². The van der Waals surface area contributed by atoms with E-state index < -0.39 is 6.04 Å². The van der Waals surface area contributed by atoms with Crippen LogP contribution < -0.4 is 5.73 Å². The van der Waals surface area contributed by atoms with Gasteiger partial charge in [-0.2, -0.15) is 0 Å². The highest BCUT2D eigenvalue weighted by Gasteiger charge is 2.21. The number of aliphatic hydroxyl groups excluding tert-OH is 1. The average molecular weight is 252 g/mol. The number of rotatable bonds is 7. The van der Waals surface area contributed by atoms with E-state index in [1.165, 1.54) is 4.90 Å². The van der Waals surface area contributed by atoms with E-state index in [0.29, 0.717) is 13.2 Å². The van der Waals surface area contributed by atoms with E-state index in [-0.39, 0.29) is 19.1 Å². The molecule has 100 valence electrons. The second kappa shape index (κ2) is 7.81. The molecule has 0 aliphatic heterocycles. The van der Waals surface area contributed by atoms with Gasteiger partial charge in [-0.05, 0) is 5.56 Å². The summed E-state index contributed by atoms with van der Waals surface area (Å²) < 4.78 is 4.94. The van der Waals surface area contributed by atoms with Gasteiger partial charge < -0.3 is 20.5 Å². The van der Waals surface area contributed by atoms with Crippen LogP contribution in [0.1, 0.15) is 11.6 Å². The molecule has 1 amide bonds. The van der Waals surface area contributed by atoms with Crippen molar-refractivity contribution in [2.45, 2.75) is 6.04 Å². The third-order valence-electron chi connectivity index (χ3n) is 2.67. The maximum Gasteiger partial charge on any atom is 0.244 e. The van der Waals surface area contributed by atoms with E-state index in [1.54, 1.807) is 7.11 Å². The van der Waals surface area contributed by atoms with Gasteiger partial charge in [-0.25, -0.2) is 0 Å². The largest absolute Gasteiger partial charge is 0.395 e. The third kappa shape index (κ3) is 4.10. The van der Waals surface area contributed by atoms with Crippen LogP contribution in [0.2, 0.25) is 0 Å². The molecule has 0 unspecified atom stereocenters. The fourth-order valence-corrected chi connectivity index (χ4v) is 1.65. The second-order valence-corrected chi connectivity index (χ2v) is 3.93. The summed E-state index contributed by atoms with van der Waals surface area (Å²) in [6.45, 7) is 1.03. The predicted molar refractivity (Wildman–Crippen MR) is 68.9 cm³/mol. The number of methoxy groups -OCH3 is 1. The molecule has 1 aromatic carbocycles. The number of ether oxygens (including phenoxy) is 1. The van der Waals surface area contributed by atoms with Crippen LogP contribution in [0.4, 0.5) is 0 Å². The number of aliphatic hydroxyl groups is 1.